The lowest BCUT2D eigenvalue weighted by atomic mass is 10.1. The van der Waals surface area contributed by atoms with Gasteiger partial charge >= 0.3 is 11.8 Å². The van der Waals surface area contributed by atoms with Crippen LogP contribution in [0.1, 0.15) is 16.1 Å². The molecule has 0 saturated carbocycles. The van der Waals surface area contributed by atoms with Crippen molar-refractivity contribution in [1.82, 2.24) is 10.5 Å². The molecule has 108 valence electrons. The summed E-state index contributed by atoms with van der Waals surface area (Å²) in [6.07, 6.45) is 0. The fourth-order valence-corrected chi connectivity index (χ4v) is 1.53. The molecule has 2 aromatic rings. The summed E-state index contributed by atoms with van der Waals surface area (Å²) in [6, 6.07) is 7.62. The minimum Gasteiger partial charge on any atom is -0.398 e. The van der Waals surface area contributed by atoms with E-state index in [0.29, 0.717) is 5.76 Å². The summed E-state index contributed by atoms with van der Waals surface area (Å²) < 4.78 is 4.73. The summed E-state index contributed by atoms with van der Waals surface area (Å²) in [5.74, 6) is -2.36. The number of imide groups is 1. The van der Waals surface area contributed by atoms with Crippen LogP contribution in [0.5, 0.6) is 0 Å². The average Bonchev–Trinajstić information content (AvgIpc) is 2.84. The number of carbonyl (C=O) groups excluding carboxylic acids is 3. The maximum atomic E-state index is 11.8. The van der Waals surface area contributed by atoms with Crippen molar-refractivity contribution in [3.8, 4) is 0 Å². The first-order valence-electron chi connectivity index (χ1n) is 5.92. The molecule has 1 aromatic carbocycles. The Bertz CT molecular complexity index is 708. The van der Waals surface area contributed by atoms with E-state index in [2.05, 4.69) is 10.5 Å². The summed E-state index contributed by atoms with van der Waals surface area (Å²) in [5.41, 5.74) is 5.92. The van der Waals surface area contributed by atoms with Crippen LogP contribution < -0.4 is 16.4 Å². The number of nitrogens with two attached hydrogens (primary N) is 1. The third-order valence-corrected chi connectivity index (χ3v) is 2.51. The number of aromatic nitrogens is 1. The maximum absolute atomic E-state index is 11.8. The van der Waals surface area contributed by atoms with Gasteiger partial charge in [-0.15, -0.1) is 0 Å². The molecule has 8 heteroatoms. The van der Waals surface area contributed by atoms with Crippen LogP contribution in [0.2, 0.25) is 0 Å². The van der Waals surface area contributed by atoms with Crippen molar-refractivity contribution < 1.29 is 18.9 Å². The third-order valence-electron chi connectivity index (χ3n) is 2.51. The number of aryl methyl sites for hydroxylation is 1. The van der Waals surface area contributed by atoms with E-state index in [-0.39, 0.29) is 17.1 Å². The van der Waals surface area contributed by atoms with Gasteiger partial charge in [0.05, 0.1) is 5.56 Å². The van der Waals surface area contributed by atoms with Crippen LogP contribution in [0.3, 0.4) is 0 Å². The van der Waals surface area contributed by atoms with E-state index >= 15 is 0 Å². The molecule has 0 radical (unpaired) electrons. The Morgan fingerprint density at radius 3 is 2.52 bits per heavy atom. The summed E-state index contributed by atoms with van der Waals surface area (Å²) in [6.45, 7) is 1.63. The van der Waals surface area contributed by atoms with Gasteiger partial charge in [0.15, 0.2) is 5.82 Å². The fourth-order valence-electron chi connectivity index (χ4n) is 1.53. The average molecular weight is 288 g/mol. The Hall–Kier alpha value is -3.16. The Labute approximate surface area is 119 Å². The van der Waals surface area contributed by atoms with E-state index in [1.165, 1.54) is 18.2 Å². The second-order valence-electron chi connectivity index (χ2n) is 4.15. The van der Waals surface area contributed by atoms with Crippen molar-refractivity contribution in [3.63, 3.8) is 0 Å². The second kappa shape index (κ2) is 5.87. The topological polar surface area (TPSA) is 127 Å². The monoisotopic (exact) mass is 288 g/mol. The highest BCUT2D eigenvalue weighted by Crippen LogP contribution is 2.10. The Balaban J connectivity index is 1.99. The molecule has 0 aliphatic carbocycles. The molecule has 0 atom stereocenters. The molecule has 1 heterocycles. The normalized spacial score (nSPS) is 9.95. The van der Waals surface area contributed by atoms with Crippen LogP contribution in [0.4, 0.5) is 11.5 Å². The lowest BCUT2D eigenvalue weighted by Crippen LogP contribution is -2.39. The summed E-state index contributed by atoms with van der Waals surface area (Å²) >= 11 is 0. The predicted octanol–water partition coefficient (Wildman–Crippen LogP) is 0.460. The molecule has 2 rings (SSSR count). The van der Waals surface area contributed by atoms with E-state index in [9.17, 15) is 14.4 Å². The Kier molecular flexibility index (Phi) is 3.98. The largest absolute Gasteiger partial charge is 0.398 e. The first-order valence-corrected chi connectivity index (χ1v) is 5.92. The molecular formula is C13H12N4O4. The fraction of sp³-hybridized carbons (Fsp3) is 0.0769. The zero-order valence-electron chi connectivity index (χ0n) is 11.0. The van der Waals surface area contributed by atoms with E-state index in [4.69, 9.17) is 10.3 Å². The first-order chi connectivity index (χ1) is 9.97. The van der Waals surface area contributed by atoms with Crippen LogP contribution in [0.25, 0.3) is 0 Å². The summed E-state index contributed by atoms with van der Waals surface area (Å²) in [5, 5.41) is 7.63. The van der Waals surface area contributed by atoms with Crippen molar-refractivity contribution in [2.45, 2.75) is 6.92 Å². The molecule has 0 aliphatic heterocycles. The summed E-state index contributed by atoms with van der Waals surface area (Å²) in [4.78, 5) is 35.0. The highest BCUT2D eigenvalue weighted by atomic mass is 16.5. The first kappa shape index (κ1) is 14.3. The number of para-hydroxylation sites is 1. The molecular weight excluding hydrogens is 276 g/mol. The third kappa shape index (κ3) is 3.44. The van der Waals surface area contributed by atoms with Gasteiger partial charge in [0.25, 0.3) is 5.91 Å². The van der Waals surface area contributed by atoms with Crippen molar-refractivity contribution in [1.29, 1.82) is 0 Å². The minimum absolute atomic E-state index is 0.0827. The van der Waals surface area contributed by atoms with E-state index in [0.717, 1.165) is 0 Å². The Morgan fingerprint density at radius 1 is 1.19 bits per heavy atom. The molecule has 0 aliphatic rings. The summed E-state index contributed by atoms with van der Waals surface area (Å²) in [7, 11) is 0. The molecule has 21 heavy (non-hydrogen) atoms. The molecule has 0 bridgehead atoms. The lowest BCUT2D eigenvalue weighted by Gasteiger charge is -2.05. The molecule has 0 fully saturated rings. The van der Waals surface area contributed by atoms with Crippen LogP contribution in [0, 0.1) is 6.92 Å². The van der Waals surface area contributed by atoms with Gasteiger partial charge < -0.3 is 10.3 Å². The van der Waals surface area contributed by atoms with Crippen LogP contribution in [0.15, 0.2) is 34.9 Å². The smallest absolute Gasteiger partial charge is 0.316 e. The van der Waals surface area contributed by atoms with Gasteiger partial charge in [0.1, 0.15) is 5.76 Å². The lowest BCUT2D eigenvalue weighted by molar-refractivity contribution is -0.135. The van der Waals surface area contributed by atoms with Crippen molar-refractivity contribution in [2.75, 3.05) is 11.1 Å². The molecule has 0 unspecified atom stereocenters. The number of nitrogens with zero attached hydrogens (tertiary/aromatic N) is 1. The number of hydrogen-bond donors (Lipinski definition) is 3. The number of amides is 3. The minimum atomic E-state index is -1.12. The molecule has 8 nitrogen and oxygen atoms in total. The van der Waals surface area contributed by atoms with Crippen molar-refractivity contribution >= 4 is 29.2 Å². The van der Waals surface area contributed by atoms with Crippen LogP contribution in [-0.4, -0.2) is 22.9 Å². The van der Waals surface area contributed by atoms with E-state index in [1.807, 2.05) is 5.32 Å². The number of anilines is 2. The van der Waals surface area contributed by atoms with E-state index < -0.39 is 17.7 Å². The van der Waals surface area contributed by atoms with Crippen LogP contribution in [-0.2, 0) is 9.59 Å². The van der Waals surface area contributed by atoms with Gasteiger partial charge in [0.2, 0.25) is 0 Å². The maximum Gasteiger partial charge on any atom is 0.316 e. The van der Waals surface area contributed by atoms with Crippen molar-refractivity contribution in [3.05, 3.63) is 41.7 Å². The molecule has 3 amide bonds. The van der Waals surface area contributed by atoms with Crippen LogP contribution >= 0.6 is 0 Å². The number of benzene rings is 1. The highest BCUT2D eigenvalue weighted by Gasteiger charge is 2.20. The molecule has 4 N–H and O–H groups in total. The van der Waals surface area contributed by atoms with Gasteiger partial charge in [-0.25, -0.2) is 0 Å². The molecule has 0 saturated heterocycles. The standard InChI is InChI=1S/C13H12N4O4/c1-7-6-10(17-21-7)15-12(19)13(20)16-11(18)8-4-2-3-5-9(8)14/h2-6H,14H2,1H3,(H,15,17,19)(H,16,18,20). The van der Waals surface area contributed by atoms with Gasteiger partial charge in [-0.2, -0.15) is 0 Å². The predicted molar refractivity (Wildman–Crippen MR) is 73.2 cm³/mol. The highest BCUT2D eigenvalue weighted by molar-refractivity contribution is 6.42. The van der Waals surface area contributed by atoms with Crippen molar-refractivity contribution in [2.24, 2.45) is 0 Å². The SMILES string of the molecule is Cc1cc(NC(=O)C(=O)NC(=O)c2ccccc2N)no1. The number of rotatable bonds is 2. The Morgan fingerprint density at radius 2 is 1.90 bits per heavy atom. The van der Waals surface area contributed by atoms with Gasteiger partial charge in [-0.05, 0) is 19.1 Å². The van der Waals surface area contributed by atoms with Gasteiger partial charge in [-0.3, -0.25) is 25.0 Å². The number of hydrogen-bond acceptors (Lipinski definition) is 6. The number of carbonyl (C=O) groups is 3. The zero-order chi connectivity index (χ0) is 15.4. The molecule has 1 aromatic heterocycles. The quantitative estimate of drug-likeness (QED) is 0.544. The molecule has 0 spiro atoms. The van der Waals surface area contributed by atoms with E-state index in [1.54, 1.807) is 19.1 Å². The second-order valence-corrected chi connectivity index (χ2v) is 4.15. The zero-order valence-corrected chi connectivity index (χ0v) is 11.0. The van der Waals surface area contributed by atoms with Gasteiger partial charge in [-0.1, -0.05) is 17.3 Å². The van der Waals surface area contributed by atoms with Gasteiger partial charge in [0, 0.05) is 11.8 Å². The number of nitrogens with one attached hydrogen (secondary N) is 2. The number of nitrogen functional groups attached to an aromatic ring is 1.